The molecule has 0 spiro atoms. The minimum atomic E-state index is -2.88. The van der Waals surface area contributed by atoms with E-state index in [0.29, 0.717) is 0 Å². The zero-order valence-electron chi connectivity index (χ0n) is 9.41. The summed E-state index contributed by atoms with van der Waals surface area (Å²) in [6, 6.07) is 1.65. The fraction of sp³-hybridized carbons (Fsp3) is 0.364. The van der Waals surface area contributed by atoms with Gasteiger partial charge >= 0.3 is 5.97 Å². The van der Waals surface area contributed by atoms with Crippen LogP contribution in [0.5, 0.6) is 0 Å². The Morgan fingerprint density at radius 2 is 2.33 bits per heavy atom. The number of aromatic nitrogens is 1. The Morgan fingerprint density at radius 1 is 1.67 bits per heavy atom. The van der Waals surface area contributed by atoms with Crippen molar-refractivity contribution in [2.45, 2.75) is 18.7 Å². The smallest absolute Gasteiger partial charge is 0.310 e. The summed E-state index contributed by atoms with van der Waals surface area (Å²) in [5, 5.41) is 8.90. The molecule has 96 valence electrons. The maximum absolute atomic E-state index is 13.0. The summed E-state index contributed by atoms with van der Waals surface area (Å²) in [6.07, 6.45) is -2.12. The number of hydrogen-bond donors (Lipinski definition) is 0. The van der Waals surface area contributed by atoms with Gasteiger partial charge in [-0.25, -0.2) is 8.78 Å². The molecule has 7 heteroatoms. The summed E-state index contributed by atoms with van der Waals surface area (Å²) in [5.74, 6) is -0.831. The van der Waals surface area contributed by atoms with Crippen molar-refractivity contribution in [2.24, 2.45) is 0 Å². The lowest BCUT2D eigenvalue weighted by Crippen LogP contribution is -2.11. The van der Waals surface area contributed by atoms with E-state index in [1.807, 2.05) is 0 Å². The van der Waals surface area contributed by atoms with Crippen LogP contribution in [0.2, 0.25) is 0 Å². The van der Waals surface area contributed by atoms with E-state index < -0.39 is 18.0 Å². The van der Waals surface area contributed by atoms with Crippen LogP contribution in [0.25, 0.3) is 0 Å². The highest BCUT2D eigenvalue weighted by molar-refractivity contribution is 6.17. The van der Waals surface area contributed by atoms with Crippen molar-refractivity contribution in [1.29, 1.82) is 5.26 Å². The fourth-order valence-electron chi connectivity index (χ4n) is 1.45. The first-order chi connectivity index (χ1) is 8.54. The molecule has 1 aromatic heterocycles. The molecular weight excluding hydrogens is 266 g/mol. The topological polar surface area (TPSA) is 63.0 Å². The molecule has 0 atom stereocenters. The molecule has 0 saturated heterocycles. The molecule has 0 fully saturated rings. The van der Waals surface area contributed by atoms with Crippen molar-refractivity contribution < 1.29 is 18.3 Å². The van der Waals surface area contributed by atoms with Crippen LogP contribution in [-0.2, 0) is 21.8 Å². The molecule has 0 saturated carbocycles. The third kappa shape index (κ3) is 2.93. The summed E-state index contributed by atoms with van der Waals surface area (Å²) in [4.78, 5) is 14.9. The Hall–Kier alpha value is -1.74. The van der Waals surface area contributed by atoms with E-state index in [0.717, 1.165) is 13.3 Å². The third-order valence-corrected chi connectivity index (χ3v) is 2.55. The highest BCUT2D eigenvalue weighted by Crippen LogP contribution is 2.28. The average Bonchev–Trinajstić information content (AvgIpc) is 2.37. The van der Waals surface area contributed by atoms with Crippen LogP contribution >= 0.6 is 11.6 Å². The molecule has 0 bridgehead atoms. The van der Waals surface area contributed by atoms with Crippen LogP contribution in [0.15, 0.2) is 6.20 Å². The maximum Gasteiger partial charge on any atom is 0.310 e. The van der Waals surface area contributed by atoms with Gasteiger partial charge in [0.25, 0.3) is 6.43 Å². The molecule has 0 aliphatic rings. The van der Waals surface area contributed by atoms with E-state index in [-0.39, 0.29) is 29.1 Å². The van der Waals surface area contributed by atoms with E-state index >= 15 is 0 Å². The van der Waals surface area contributed by atoms with E-state index in [4.69, 9.17) is 16.9 Å². The van der Waals surface area contributed by atoms with Gasteiger partial charge < -0.3 is 4.74 Å². The average molecular weight is 275 g/mol. The van der Waals surface area contributed by atoms with E-state index in [1.165, 1.54) is 0 Å². The highest BCUT2D eigenvalue weighted by Gasteiger charge is 2.23. The maximum atomic E-state index is 13.0. The number of hydrogen-bond acceptors (Lipinski definition) is 4. The van der Waals surface area contributed by atoms with Crippen molar-refractivity contribution in [3.8, 4) is 6.07 Å². The number of carbonyl (C=O) groups excluding carboxylic acids is 1. The summed E-state index contributed by atoms with van der Waals surface area (Å²) in [6.45, 7) is 0. The van der Waals surface area contributed by atoms with Crippen molar-refractivity contribution in [1.82, 2.24) is 4.98 Å². The molecule has 0 aliphatic carbocycles. The number of nitriles is 1. The number of nitrogens with zero attached hydrogens (tertiary/aromatic N) is 2. The Balaban J connectivity index is 3.36. The molecule has 0 radical (unpaired) electrons. The van der Waals surface area contributed by atoms with Crippen molar-refractivity contribution in [2.75, 3.05) is 7.11 Å². The van der Waals surface area contributed by atoms with Crippen LogP contribution in [0.3, 0.4) is 0 Å². The predicted octanol–water partition coefficient (Wildman–Crippen LogP) is 2.35. The standard InChI is InChI=1S/C11H9ClF2N2O2/c1-18-9(17)2-6-5-16-8(3-12)7(4-15)10(6)11(13)14/h5,11H,2-3H2,1H3. The van der Waals surface area contributed by atoms with Crippen LogP contribution in [-0.4, -0.2) is 18.1 Å². The van der Waals surface area contributed by atoms with E-state index in [9.17, 15) is 13.6 Å². The molecular formula is C11H9ClF2N2O2. The van der Waals surface area contributed by atoms with Gasteiger partial charge in [-0.1, -0.05) is 0 Å². The number of methoxy groups -OCH3 is 1. The van der Waals surface area contributed by atoms with Crippen LogP contribution < -0.4 is 0 Å². The zero-order chi connectivity index (χ0) is 13.7. The van der Waals surface area contributed by atoms with Gasteiger partial charge in [-0.3, -0.25) is 9.78 Å². The van der Waals surface area contributed by atoms with Crippen molar-refractivity contribution in [3.63, 3.8) is 0 Å². The molecule has 0 aliphatic heterocycles. The van der Waals surface area contributed by atoms with Gasteiger partial charge in [0.15, 0.2) is 0 Å². The first-order valence-corrected chi connectivity index (χ1v) is 5.40. The third-order valence-electron chi connectivity index (χ3n) is 2.30. The van der Waals surface area contributed by atoms with Crippen molar-refractivity contribution in [3.05, 3.63) is 28.6 Å². The summed E-state index contributed by atoms with van der Waals surface area (Å²) in [7, 11) is 1.15. The fourth-order valence-corrected chi connectivity index (χ4v) is 1.65. The number of ether oxygens (including phenoxy) is 1. The lowest BCUT2D eigenvalue weighted by molar-refractivity contribution is -0.139. The van der Waals surface area contributed by atoms with Gasteiger partial charge in [-0.15, -0.1) is 11.6 Å². The summed E-state index contributed by atoms with van der Waals surface area (Å²) < 4.78 is 30.3. The number of esters is 1. The molecule has 0 amide bonds. The normalized spacial score (nSPS) is 10.2. The SMILES string of the molecule is COC(=O)Cc1cnc(CCl)c(C#N)c1C(F)F. The van der Waals surface area contributed by atoms with Gasteiger partial charge in [0.1, 0.15) is 6.07 Å². The molecule has 0 unspecified atom stereocenters. The minimum absolute atomic E-state index is 0.0257. The second-order valence-corrected chi connectivity index (χ2v) is 3.59. The zero-order valence-corrected chi connectivity index (χ0v) is 10.2. The Morgan fingerprint density at radius 3 is 2.78 bits per heavy atom. The number of halogens is 3. The molecule has 18 heavy (non-hydrogen) atoms. The minimum Gasteiger partial charge on any atom is -0.469 e. The quantitative estimate of drug-likeness (QED) is 0.624. The van der Waals surface area contributed by atoms with Gasteiger partial charge in [0, 0.05) is 11.8 Å². The Bertz CT molecular complexity index is 501. The second kappa shape index (κ2) is 6.26. The van der Waals surface area contributed by atoms with Crippen LogP contribution in [0.1, 0.15) is 28.8 Å². The predicted molar refractivity (Wildman–Crippen MR) is 59.2 cm³/mol. The molecule has 0 N–H and O–H groups in total. The van der Waals surface area contributed by atoms with E-state index in [2.05, 4.69) is 9.72 Å². The van der Waals surface area contributed by atoms with Gasteiger partial charge in [-0.05, 0) is 5.56 Å². The first kappa shape index (κ1) is 14.3. The molecule has 4 nitrogen and oxygen atoms in total. The monoisotopic (exact) mass is 274 g/mol. The van der Waals surface area contributed by atoms with Gasteiger partial charge in [0.2, 0.25) is 0 Å². The molecule has 1 rings (SSSR count). The van der Waals surface area contributed by atoms with Crippen molar-refractivity contribution >= 4 is 17.6 Å². The van der Waals surface area contributed by atoms with E-state index in [1.54, 1.807) is 6.07 Å². The number of rotatable bonds is 4. The number of alkyl halides is 3. The van der Waals surface area contributed by atoms with Gasteiger partial charge in [0.05, 0.1) is 30.7 Å². The molecule has 0 aromatic carbocycles. The van der Waals surface area contributed by atoms with Crippen LogP contribution in [0.4, 0.5) is 8.78 Å². The number of carbonyl (C=O) groups is 1. The summed E-state index contributed by atoms with van der Waals surface area (Å²) >= 11 is 5.52. The first-order valence-electron chi connectivity index (χ1n) is 4.86. The van der Waals surface area contributed by atoms with Gasteiger partial charge in [-0.2, -0.15) is 5.26 Å². The molecule has 1 heterocycles. The molecule has 1 aromatic rings. The Kier molecular flexibility index (Phi) is 4.98. The number of pyridine rings is 1. The Labute approximate surface area is 107 Å². The largest absolute Gasteiger partial charge is 0.469 e. The lowest BCUT2D eigenvalue weighted by Gasteiger charge is -2.11. The second-order valence-electron chi connectivity index (χ2n) is 3.32. The van der Waals surface area contributed by atoms with Crippen LogP contribution in [0, 0.1) is 11.3 Å². The summed E-state index contributed by atoms with van der Waals surface area (Å²) in [5.41, 5.74) is -0.736. The highest BCUT2D eigenvalue weighted by atomic mass is 35.5. The lowest BCUT2D eigenvalue weighted by atomic mass is 10.0.